The standard InChI is InChI=1S/C64H43NO/c1-3-12-44(13-4-1)55-40-56(45-14-5-2-6-15-45)42-57(41-55)48-28-35-60(36-29-48)65(59-33-26-47(27-34-59)51-30-37-62-52(38-51)23-22-49-16-7-9-20-61(49)62)58-31-24-46(25-32-58)50-18-11-19-53(39-50)64-43-54-17-8-10-21-63(54)66-64/h1-43H. The van der Waals surface area contributed by atoms with E-state index in [0.29, 0.717) is 0 Å². The molecular weight excluding hydrogens is 799 g/mol. The van der Waals surface area contributed by atoms with Gasteiger partial charge in [0.1, 0.15) is 11.3 Å². The zero-order chi connectivity index (χ0) is 43.8. The highest BCUT2D eigenvalue weighted by Crippen LogP contribution is 2.40. The summed E-state index contributed by atoms with van der Waals surface area (Å²) in [5.41, 5.74) is 16.9. The first-order valence-electron chi connectivity index (χ1n) is 22.5. The second kappa shape index (κ2) is 16.8. The van der Waals surface area contributed by atoms with Gasteiger partial charge in [0.2, 0.25) is 0 Å². The molecule has 0 bridgehead atoms. The Labute approximate surface area is 384 Å². The Hall–Kier alpha value is -8.72. The maximum Gasteiger partial charge on any atom is 0.135 e. The molecule has 0 amide bonds. The monoisotopic (exact) mass is 841 g/mol. The van der Waals surface area contributed by atoms with E-state index in [1.165, 1.54) is 60.5 Å². The highest BCUT2D eigenvalue weighted by molar-refractivity contribution is 6.08. The fourth-order valence-electron chi connectivity index (χ4n) is 9.41. The molecule has 0 aliphatic carbocycles. The molecule has 0 saturated carbocycles. The van der Waals surface area contributed by atoms with Crippen LogP contribution in [-0.4, -0.2) is 0 Å². The third-order valence-electron chi connectivity index (χ3n) is 12.8. The van der Waals surface area contributed by atoms with Crippen molar-refractivity contribution >= 4 is 49.6 Å². The van der Waals surface area contributed by atoms with Gasteiger partial charge in [-0.15, -0.1) is 0 Å². The number of hydrogen-bond acceptors (Lipinski definition) is 2. The lowest BCUT2D eigenvalue weighted by atomic mass is 9.93. The van der Waals surface area contributed by atoms with Gasteiger partial charge in [0, 0.05) is 28.0 Å². The van der Waals surface area contributed by atoms with Gasteiger partial charge in [-0.25, -0.2) is 0 Å². The SMILES string of the molecule is c1ccc(-c2cc(-c3ccccc3)cc(-c3ccc(N(c4ccc(-c5cccc(-c6cc7ccccc7o6)c5)cc4)c4ccc(-c5ccc6c(ccc7ccccc76)c5)cc4)cc3)c2)cc1. The number of anilines is 3. The number of hydrogen-bond donors (Lipinski definition) is 0. The Morgan fingerprint density at radius 1 is 0.227 bits per heavy atom. The van der Waals surface area contributed by atoms with Crippen molar-refractivity contribution in [2.45, 2.75) is 0 Å². The molecule has 0 aliphatic heterocycles. The van der Waals surface area contributed by atoms with Gasteiger partial charge >= 0.3 is 0 Å². The first kappa shape index (κ1) is 38.9. The van der Waals surface area contributed by atoms with Crippen LogP contribution < -0.4 is 4.90 Å². The summed E-state index contributed by atoms with van der Waals surface area (Å²) in [5, 5.41) is 6.16. The summed E-state index contributed by atoms with van der Waals surface area (Å²) < 4.78 is 6.25. The highest BCUT2D eigenvalue weighted by Gasteiger charge is 2.16. The Balaban J connectivity index is 0.912. The summed E-state index contributed by atoms with van der Waals surface area (Å²) in [6.45, 7) is 0. The van der Waals surface area contributed by atoms with E-state index in [0.717, 1.165) is 56.0 Å². The number of para-hydroxylation sites is 1. The van der Waals surface area contributed by atoms with Gasteiger partial charge in [-0.1, -0.05) is 182 Å². The summed E-state index contributed by atoms with van der Waals surface area (Å²) in [5.74, 6) is 0.869. The number of rotatable bonds is 9. The second-order valence-electron chi connectivity index (χ2n) is 17.0. The van der Waals surface area contributed by atoms with Crippen molar-refractivity contribution in [3.05, 3.63) is 261 Å². The molecule has 2 nitrogen and oxygen atoms in total. The van der Waals surface area contributed by atoms with Gasteiger partial charge in [-0.05, 0) is 156 Å². The molecule has 1 aromatic heterocycles. The van der Waals surface area contributed by atoms with Crippen LogP contribution in [-0.2, 0) is 0 Å². The number of nitrogens with zero attached hydrogens (tertiary/aromatic N) is 1. The lowest BCUT2D eigenvalue weighted by Crippen LogP contribution is -2.09. The van der Waals surface area contributed by atoms with Crippen LogP contribution in [0, 0.1) is 0 Å². The van der Waals surface area contributed by atoms with E-state index in [-0.39, 0.29) is 0 Å². The Kier molecular flexibility index (Phi) is 9.89. The van der Waals surface area contributed by atoms with Crippen LogP contribution in [0.4, 0.5) is 17.1 Å². The molecular formula is C64H43NO. The summed E-state index contributed by atoms with van der Waals surface area (Å²) in [6, 6.07) is 93.9. The summed E-state index contributed by atoms with van der Waals surface area (Å²) in [7, 11) is 0. The molecule has 310 valence electrons. The van der Waals surface area contributed by atoms with E-state index < -0.39 is 0 Å². The van der Waals surface area contributed by atoms with E-state index in [4.69, 9.17) is 4.42 Å². The zero-order valence-corrected chi connectivity index (χ0v) is 36.2. The van der Waals surface area contributed by atoms with E-state index in [1.54, 1.807) is 0 Å². The van der Waals surface area contributed by atoms with Gasteiger partial charge in [-0.3, -0.25) is 0 Å². The van der Waals surface area contributed by atoms with Gasteiger partial charge in [0.15, 0.2) is 0 Å². The summed E-state index contributed by atoms with van der Waals surface area (Å²) in [4.78, 5) is 2.35. The van der Waals surface area contributed by atoms with Crippen molar-refractivity contribution in [2.75, 3.05) is 4.90 Å². The Morgan fingerprint density at radius 2 is 0.636 bits per heavy atom. The minimum absolute atomic E-state index is 0.869. The lowest BCUT2D eigenvalue weighted by Gasteiger charge is -2.26. The van der Waals surface area contributed by atoms with Crippen molar-refractivity contribution < 1.29 is 4.42 Å². The molecule has 0 spiro atoms. The quantitative estimate of drug-likeness (QED) is 0.135. The molecule has 66 heavy (non-hydrogen) atoms. The van der Waals surface area contributed by atoms with E-state index >= 15 is 0 Å². The van der Waals surface area contributed by atoms with Crippen molar-refractivity contribution in [1.29, 1.82) is 0 Å². The van der Waals surface area contributed by atoms with Gasteiger partial charge in [0.25, 0.3) is 0 Å². The van der Waals surface area contributed by atoms with E-state index in [9.17, 15) is 0 Å². The molecule has 0 atom stereocenters. The average Bonchev–Trinajstić information content (AvgIpc) is 3.84. The molecule has 1 heterocycles. The average molecular weight is 842 g/mol. The molecule has 11 aromatic carbocycles. The smallest absolute Gasteiger partial charge is 0.135 e. The Morgan fingerprint density at radius 3 is 1.23 bits per heavy atom. The molecule has 0 N–H and O–H groups in total. The van der Waals surface area contributed by atoms with Crippen LogP contribution in [0.15, 0.2) is 265 Å². The van der Waals surface area contributed by atoms with Crippen LogP contribution in [0.25, 0.3) is 99.5 Å². The Bertz CT molecular complexity index is 3570. The van der Waals surface area contributed by atoms with Gasteiger partial charge in [0.05, 0.1) is 0 Å². The second-order valence-corrected chi connectivity index (χ2v) is 17.0. The van der Waals surface area contributed by atoms with Gasteiger partial charge < -0.3 is 9.32 Å². The molecule has 12 rings (SSSR count). The summed E-state index contributed by atoms with van der Waals surface area (Å²) in [6.07, 6.45) is 0. The zero-order valence-electron chi connectivity index (χ0n) is 36.2. The predicted octanol–water partition coefficient (Wildman–Crippen LogP) is 18.2. The van der Waals surface area contributed by atoms with Crippen molar-refractivity contribution in [3.63, 3.8) is 0 Å². The number of fused-ring (bicyclic) bond motifs is 4. The fourth-order valence-corrected chi connectivity index (χ4v) is 9.41. The van der Waals surface area contributed by atoms with Gasteiger partial charge in [-0.2, -0.15) is 0 Å². The molecule has 0 unspecified atom stereocenters. The van der Waals surface area contributed by atoms with Crippen molar-refractivity contribution in [1.82, 2.24) is 0 Å². The summed E-state index contributed by atoms with van der Waals surface area (Å²) >= 11 is 0. The maximum atomic E-state index is 6.25. The van der Waals surface area contributed by atoms with Crippen molar-refractivity contribution in [3.8, 4) is 67.0 Å². The third-order valence-corrected chi connectivity index (χ3v) is 12.8. The fraction of sp³-hybridized carbons (Fsp3) is 0. The van der Waals surface area contributed by atoms with Crippen LogP contribution in [0.1, 0.15) is 0 Å². The molecule has 0 fully saturated rings. The predicted molar refractivity (Wildman–Crippen MR) is 279 cm³/mol. The first-order chi connectivity index (χ1) is 32.7. The lowest BCUT2D eigenvalue weighted by molar-refractivity contribution is 0.631. The first-order valence-corrected chi connectivity index (χ1v) is 22.5. The van der Waals surface area contributed by atoms with E-state index in [2.05, 4.69) is 248 Å². The molecule has 12 aromatic rings. The molecule has 0 saturated heterocycles. The van der Waals surface area contributed by atoms with Crippen molar-refractivity contribution in [2.24, 2.45) is 0 Å². The molecule has 0 radical (unpaired) electrons. The van der Waals surface area contributed by atoms with Crippen LogP contribution >= 0.6 is 0 Å². The molecule has 2 heteroatoms. The van der Waals surface area contributed by atoms with Crippen LogP contribution in [0.3, 0.4) is 0 Å². The largest absolute Gasteiger partial charge is 0.456 e. The third kappa shape index (κ3) is 7.51. The highest BCUT2D eigenvalue weighted by atomic mass is 16.3. The van der Waals surface area contributed by atoms with Crippen LogP contribution in [0.2, 0.25) is 0 Å². The number of furan rings is 1. The normalized spacial score (nSPS) is 11.3. The topological polar surface area (TPSA) is 16.4 Å². The number of benzene rings is 11. The minimum Gasteiger partial charge on any atom is -0.456 e. The van der Waals surface area contributed by atoms with E-state index in [1.807, 2.05) is 18.2 Å². The maximum absolute atomic E-state index is 6.25. The molecule has 0 aliphatic rings. The minimum atomic E-state index is 0.869. The van der Waals surface area contributed by atoms with Crippen LogP contribution in [0.5, 0.6) is 0 Å².